The van der Waals surface area contributed by atoms with Gasteiger partial charge in [-0.25, -0.2) is 4.79 Å². The minimum absolute atomic E-state index is 0.281. The lowest BCUT2D eigenvalue weighted by Crippen LogP contribution is -2.45. The van der Waals surface area contributed by atoms with Crippen molar-refractivity contribution in [3.05, 3.63) is 17.5 Å². The molecule has 1 aromatic rings. The Morgan fingerprint density at radius 1 is 1.26 bits per heavy atom. The molecule has 4 rings (SSSR count). The smallest absolute Gasteiger partial charge is 0.361 e. The SMILES string of the molecule is C[N+]1(C)CCC(c2cc([C@H]3CC[C@@H]4CN3C(=O)N4OS(=O)(=O)O)no2)CC1. The second-order valence-corrected chi connectivity index (χ2v) is 9.33. The highest BCUT2D eigenvalue weighted by Crippen LogP contribution is 2.39. The van der Waals surface area contributed by atoms with Crippen LogP contribution in [0.4, 0.5) is 4.79 Å². The zero-order valence-electron chi connectivity index (χ0n) is 15.4. The van der Waals surface area contributed by atoms with Crippen molar-refractivity contribution < 1.29 is 31.1 Å². The number of likely N-dealkylation sites (tertiary alicyclic amines) is 1. The number of rotatable bonds is 4. The molecule has 0 saturated carbocycles. The van der Waals surface area contributed by atoms with Crippen LogP contribution >= 0.6 is 0 Å². The zero-order valence-corrected chi connectivity index (χ0v) is 16.3. The van der Waals surface area contributed by atoms with Crippen LogP contribution in [0.1, 0.15) is 49.1 Å². The van der Waals surface area contributed by atoms with Crippen LogP contribution in [0.25, 0.3) is 0 Å². The number of piperidine rings is 2. The van der Waals surface area contributed by atoms with E-state index in [9.17, 15) is 13.2 Å². The number of nitrogens with zero attached hydrogens (tertiary/aromatic N) is 4. The van der Waals surface area contributed by atoms with E-state index in [2.05, 4.69) is 23.5 Å². The van der Waals surface area contributed by atoms with Crippen LogP contribution in [0.3, 0.4) is 0 Å². The van der Waals surface area contributed by atoms with Gasteiger partial charge in [0.15, 0.2) is 0 Å². The molecule has 2 atom stereocenters. The second-order valence-electron chi connectivity index (χ2n) is 8.32. The molecule has 1 aromatic heterocycles. The average molecular weight is 401 g/mol. The van der Waals surface area contributed by atoms with Gasteiger partial charge in [0.05, 0.1) is 39.3 Å². The van der Waals surface area contributed by atoms with E-state index in [4.69, 9.17) is 9.08 Å². The zero-order chi connectivity index (χ0) is 19.4. The minimum atomic E-state index is -4.74. The lowest BCUT2D eigenvalue weighted by molar-refractivity contribution is -0.895. The van der Waals surface area contributed by atoms with Gasteiger partial charge < -0.3 is 13.9 Å². The molecule has 0 radical (unpaired) electrons. The van der Waals surface area contributed by atoms with Crippen molar-refractivity contribution in [3.63, 3.8) is 0 Å². The van der Waals surface area contributed by atoms with Gasteiger partial charge in [-0.15, -0.1) is 4.28 Å². The van der Waals surface area contributed by atoms with Gasteiger partial charge in [0.2, 0.25) is 0 Å². The molecule has 0 spiro atoms. The van der Waals surface area contributed by atoms with Crippen LogP contribution in [0, 0.1) is 0 Å². The summed E-state index contributed by atoms with van der Waals surface area (Å²) in [4.78, 5) is 14.0. The molecular weight excluding hydrogens is 376 g/mol. The molecule has 0 aromatic carbocycles. The first-order chi connectivity index (χ1) is 12.6. The summed E-state index contributed by atoms with van der Waals surface area (Å²) < 4.78 is 41.9. The van der Waals surface area contributed by atoms with E-state index in [0.29, 0.717) is 31.0 Å². The molecule has 10 nitrogen and oxygen atoms in total. The Labute approximate surface area is 158 Å². The molecule has 1 N–H and O–H groups in total. The maximum atomic E-state index is 12.5. The van der Waals surface area contributed by atoms with Gasteiger partial charge in [0.25, 0.3) is 0 Å². The summed E-state index contributed by atoms with van der Waals surface area (Å²) >= 11 is 0. The standard InChI is InChI=1S/C16H24N4O6S/c1-20(2)7-5-11(6-8-20)15-9-13(17-25-15)14-4-3-12-10-18(14)16(21)19(12)26-27(22,23)24/h9,11-12,14H,3-8,10H2,1-2H3/p+1/t12-,14-/m1/s1. The van der Waals surface area contributed by atoms with Gasteiger partial charge in [-0.3, -0.25) is 4.55 Å². The molecule has 0 aliphatic carbocycles. The third kappa shape index (κ3) is 3.68. The topological polar surface area (TPSA) is 113 Å². The Morgan fingerprint density at radius 2 is 1.96 bits per heavy atom. The second kappa shape index (κ2) is 6.43. The molecular formula is C16H25N4O6S+. The van der Waals surface area contributed by atoms with Crippen LogP contribution in [0.5, 0.6) is 0 Å². The van der Waals surface area contributed by atoms with E-state index >= 15 is 0 Å². The van der Waals surface area contributed by atoms with Crippen LogP contribution in [0.2, 0.25) is 0 Å². The minimum Gasteiger partial charge on any atom is -0.361 e. The fourth-order valence-corrected chi connectivity index (χ4v) is 4.73. The predicted octanol–water partition coefficient (Wildman–Crippen LogP) is 1.30. The monoisotopic (exact) mass is 401 g/mol. The van der Waals surface area contributed by atoms with Crippen molar-refractivity contribution in [2.45, 2.75) is 43.7 Å². The van der Waals surface area contributed by atoms with Crippen molar-refractivity contribution in [2.24, 2.45) is 0 Å². The van der Waals surface area contributed by atoms with E-state index in [1.807, 2.05) is 6.07 Å². The lowest BCUT2D eigenvalue weighted by Gasteiger charge is -2.36. The summed E-state index contributed by atoms with van der Waals surface area (Å²) in [5.74, 6) is 1.19. The first-order valence-electron chi connectivity index (χ1n) is 9.18. The van der Waals surface area contributed by atoms with E-state index < -0.39 is 22.5 Å². The molecule has 0 unspecified atom stereocenters. The normalized spacial score (nSPS) is 28.8. The highest BCUT2D eigenvalue weighted by molar-refractivity contribution is 7.80. The molecule has 2 amide bonds. The number of hydrogen-bond acceptors (Lipinski definition) is 6. The summed E-state index contributed by atoms with van der Waals surface area (Å²) in [6.45, 7) is 2.49. The molecule has 11 heteroatoms. The molecule has 3 fully saturated rings. The number of fused-ring (bicyclic) bond motifs is 2. The Morgan fingerprint density at radius 3 is 2.63 bits per heavy atom. The molecule has 3 aliphatic heterocycles. The number of aromatic nitrogens is 1. The largest absolute Gasteiger partial charge is 0.418 e. The van der Waals surface area contributed by atoms with Gasteiger partial charge in [-0.05, 0) is 12.8 Å². The van der Waals surface area contributed by atoms with Crippen LogP contribution in [-0.2, 0) is 14.7 Å². The first kappa shape index (κ1) is 18.7. The quantitative estimate of drug-likeness (QED) is 0.598. The summed E-state index contributed by atoms with van der Waals surface area (Å²) in [6, 6.07) is 0.666. The lowest BCUT2D eigenvalue weighted by atomic mass is 9.92. The number of urea groups is 1. The fourth-order valence-electron chi connectivity index (χ4n) is 4.34. The van der Waals surface area contributed by atoms with E-state index in [0.717, 1.165) is 41.2 Å². The van der Waals surface area contributed by atoms with Crippen molar-refractivity contribution in [3.8, 4) is 0 Å². The van der Waals surface area contributed by atoms with Gasteiger partial charge in [-0.2, -0.15) is 13.5 Å². The fraction of sp³-hybridized carbons (Fsp3) is 0.750. The molecule has 3 aliphatic rings. The third-order valence-electron chi connectivity index (χ3n) is 5.95. The first-order valence-corrected chi connectivity index (χ1v) is 10.5. The molecule has 4 heterocycles. The Kier molecular flexibility index (Phi) is 4.45. The maximum absolute atomic E-state index is 12.5. The van der Waals surface area contributed by atoms with Crippen molar-refractivity contribution in [1.29, 1.82) is 0 Å². The molecule has 27 heavy (non-hydrogen) atoms. The Bertz CT molecular complexity index is 828. The number of hydrogen-bond donors (Lipinski definition) is 1. The summed E-state index contributed by atoms with van der Waals surface area (Å²) in [5, 5.41) is 4.95. The number of amides is 2. The highest BCUT2D eigenvalue weighted by Gasteiger charge is 2.48. The predicted molar refractivity (Wildman–Crippen MR) is 92.7 cm³/mol. The van der Waals surface area contributed by atoms with Gasteiger partial charge in [-0.1, -0.05) is 5.16 Å². The van der Waals surface area contributed by atoms with Crippen LogP contribution < -0.4 is 0 Å². The number of hydroxylamine groups is 2. The van der Waals surface area contributed by atoms with E-state index in [-0.39, 0.29) is 6.04 Å². The summed E-state index contributed by atoms with van der Waals surface area (Å²) in [6.07, 6.45) is 3.25. The summed E-state index contributed by atoms with van der Waals surface area (Å²) in [7, 11) is -0.294. The van der Waals surface area contributed by atoms with Crippen LogP contribution in [-0.4, -0.2) is 78.4 Å². The van der Waals surface area contributed by atoms with Crippen molar-refractivity contribution >= 4 is 16.4 Å². The van der Waals surface area contributed by atoms with Crippen molar-refractivity contribution in [1.82, 2.24) is 15.1 Å². The Hall–Kier alpha value is -1.69. The summed E-state index contributed by atoms with van der Waals surface area (Å²) in [5.41, 5.74) is 0.685. The van der Waals surface area contributed by atoms with E-state index in [1.54, 1.807) is 0 Å². The molecule has 150 valence electrons. The average Bonchev–Trinajstić information content (AvgIpc) is 3.15. The van der Waals surface area contributed by atoms with E-state index in [1.165, 1.54) is 4.90 Å². The molecule has 3 saturated heterocycles. The highest BCUT2D eigenvalue weighted by atomic mass is 32.3. The van der Waals surface area contributed by atoms with Gasteiger partial charge in [0, 0.05) is 31.4 Å². The Balaban J connectivity index is 1.48. The third-order valence-corrected chi connectivity index (χ3v) is 6.30. The maximum Gasteiger partial charge on any atom is 0.418 e. The van der Waals surface area contributed by atoms with Crippen molar-refractivity contribution in [2.75, 3.05) is 33.7 Å². The molecule has 2 bridgehead atoms. The van der Waals surface area contributed by atoms with Crippen LogP contribution in [0.15, 0.2) is 10.6 Å². The number of quaternary nitrogens is 1. The number of carbonyl (C=O) groups is 1. The van der Waals surface area contributed by atoms with Gasteiger partial charge >= 0.3 is 16.4 Å². The van der Waals surface area contributed by atoms with Gasteiger partial charge in [0.1, 0.15) is 11.5 Å². The number of carbonyl (C=O) groups excluding carboxylic acids is 1.